The van der Waals surface area contributed by atoms with E-state index in [1.807, 2.05) is 0 Å². The second kappa shape index (κ2) is 3.54. The van der Waals surface area contributed by atoms with Crippen LogP contribution in [-0.4, -0.2) is 11.1 Å². The summed E-state index contributed by atoms with van der Waals surface area (Å²) in [4.78, 5) is 10.5. The molecule has 0 radical (unpaired) electrons. The van der Waals surface area contributed by atoms with Crippen LogP contribution in [0.4, 0.5) is 4.39 Å². The van der Waals surface area contributed by atoms with Crippen LogP contribution in [0.15, 0.2) is 18.2 Å². The van der Waals surface area contributed by atoms with Crippen molar-refractivity contribution in [3.05, 3.63) is 34.3 Å². The molecule has 0 aliphatic heterocycles. The van der Waals surface area contributed by atoms with Crippen molar-refractivity contribution >= 4 is 17.6 Å². The fraction of sp³-hybridized carbons (Fsp3) is 0.125. The van der Waals surface area contributed by atoms with Gasteiger partial charge in [-0.2, -0.15) is 0 Å². The molecule has 64 valence electrons. The molecule has 0 amide bonds. The first-order valence-electron chi connectivity index (χ1n) is 3.23. The van der Waals surface area contributed by atoms with Crippen LogP contribution in [0.5, 0.6) is 0 Å². The van der Waals surface area contributed by atoms with Crippen LogP contribution >= 0.6 is 11.6 Å². The average Bonchev–Trinajstić information content (AvgIpc) is 2.03. The third kappa shape index (κ3) is 1.56. The number of carboxylic acids is 1. The first-order chi connectivity index (χ1) is 5.66. The van der Waals surface area contributed by atoms with Crippen LogP contribution in [-0.2, 0) is 6.67 Å². The third-order valence-electron chi connectivity index (χ3n) is 1.48. The van der Waals surface area contributed by atoms with E-state index in [2.05, 4.69) is 0 Å². The Labute approximate surface area is 73.6 Å². The van der Waals surface area contributed by atoms with Crippen molar-refractivity contribution in [2.75, 3.05) is 0 Å². The molecule has 1 N–H and O–H groups in total. The van der Waals surface area contributed by atoms with Crippen LogP contribution in [0, 0.1) is 0 Å². The Hall–Kier alpha value is -1.09. The molecule has 4 heteroatoms. The second-order valence-electron chi connectivity index (χ2n) is 2.20. The Balaban J connectivity index is 3.27. The lowest BCUT2D eigenvalue weighted by atomic mass is 10.1. The minimum atomic E-state index is -1.16. The van der Waals surface area contributed by atoms with Gasteiger partial charge in [0.2, 0.25) is 0 Å². The SMILES string of the molecule is O=C(O)c1cccc(Cl)c1CF. The number of carboxylic acid groups (broad SMARTS) is 1. The monoisotopic (exact) mass is 188 g/mol. The predicted octanol–water partition coefficient (Wildman–Crippen LogP) is 2.51. The first-order valence-corrected chi connectivity index (χ1v) is 3.61. The number of rotatable bonds is 2. The van der Waals surface area contributed by atoms with Gasteiger partial charge in [-0.3, -0.25) is 0 Å². The fourth-order valence-electron chi connectivity index (χ4n) is 0.895. The Morgan fingerprint density at radius 1 is 1.58 bits per heavy atom. The Bertz CT molecular complexity index is 312. The standard InChI is InChI=1S/C8H6ClFO2/c9-7-3-1-2-5(8(11)12)6(7)4-10/h1-3H,4H2,(H,11,12). The zero-order valence-corrected chi connectivity index (χ0v) is 6.81. The molecule has 0 atom stereocenters. The molecule has 1 aromatic carbocycles. The summed E-state index contributed by atoms with van der Waals surface area (Å²) >= 11 is 5.57. The molecule has 1 rings (SSSR count). The van der Waals surface area contributed by atoms with E-state index in [1.54, 1.807) is 0 Å². The largest absolute Gasteiger partial charge is 0.478 e. The van der Waals surface area contributed by atoms with Crippen LogP contribution < -0.4 is 0 Å². The van der Waals surface area contributed by atoms with Gasteiger partial charge in [-0.15, -0.1) is 0 Å². The number of aromatic carboxylic acids is 1. The van der Waals surface area contributed by atoms with Crippen LogP contribution in [0.2, 0.25) is 5.02 Å². The summed E-state index contributed by atoms with van der Waals surface area (Å²) in [5, 5.41) is 8.75. The fourth-order valence-corrected chi connectivity index (χ4v) is 1.12. The molecular weight excluding hydrogens is 183 g/mol. The summed E-state index contributed by atoms with van der Waals surface area (Å²) in [5.74, 6) is -1.16. The maximum Gasteiger partial charge on any atom is 0.336 e. The highest BCUT2D eigenvalue weighted by molar-refractivity contribution is 6.31. The van der Waals surface area contributed by atoms with Crippen LogP contribution in [0.1, 0.15) is 15.9 Å². The molecule has 0 fully saturated rings. The van der Waals surface area contributed by atoms with Gasteiger partial charge in [0.1, 0.15) is 6.67 Å². The van der Waals surface area contributed by atoms with E-state index in [4.69, 9.17) is 16.7 Å². The molecule has 0 bridgehead atoms. The molecule has 0 aliphatic carbocycles. The van der Waals surface area contributed by atoms with E-state index in [1.165, 1.54) is 18.2 Å². The maximum atomic E-state index is 12.3. The highest BCUT2D eigenvalue weighted by Crippen LogP contribution is 2.20. The summed E-state index contributed by atoms with van der Waals surface area (Å²) in [6.07, 6.45) is 0. The van der Waals surface area contributed by atoms with Crippen molar-refractivity contribution in [2.24, 2.45) is 0 Å². The molecule has 0 saturated carbocycles. The van der Waals surface area contributed by atoms with Gasteiger partial charge < -0.3 is 5.11 Å². The lowest BCUT2D eigenvalue weighted by Gasteiger charge is -2.02. The van der Waals surface area contributed by atoms with Gasteiger partial charge in [0, 0.05) is 10.6 Å². The molecule has 0 unspecified atom stereocenters. The molecule has 0 spiro atoms. The minimum Gasteiger partial charge on any atom is -0.478 e. The smallest absolute Gasteiger partial charge is 0.336 e. The van der Waals surface area contributed by atoms with Crippen molar-refractivity contribution in [3.63, 3.8) is 0 Å². The maximum absolute atomic E-state index is 12.3. The van der Waals surface area contributed by atoms with Gasteiger partial charge in [0.15, 0.2) is 0 Å². The highest BCUT2D eigenvalue weighted by atomic mass is 35.5. The molecule has 0 heterocycles. The van der Waals surface area contributed by atoms with Gasteiger partial charge >= 0.3 is 5.97 Å². The van der Waals surface area contributed by atoms with Gasteiger partial charge in [-0.05, 0) is 12.1 Å². The quantitative estimate of drug-likeness (QED) is 0.774. The summed E-state index contributed by atoms with van der Waals surface area (Å²) in [5.41, 5.74) is -0.0448. The van der Waals surface area contributed by atoms with E-state index in [0.29, 0.717) is 0 Å². The molecule has 12 heavy (non-hydrogen) atoms. The third-order valence-corrected chi connectivity index (χ3v) is 1.84. The van der Waals surface area contributed by atoms with Crippen LogP contribution in [0.25, 0.3) is 0 Å². The number of halogens is 2. The van der Waals surface area contributed by atoms with Crippen molar-refractivity contribution in [1.82, 2.24) is 0 Å². The van der Waals surface area contributed by atoms with E-state index in [9.17, 15) is 9.18 Å². The summed E-state index contributed by atoms with van der Waals surface area (Å²) in [6, 6.07) is 4.26. The van der Waals surface area contributed by atoms with E-state index in [0.717, 1.165) is 0 Å². The Morgan fingerprint density at radius 3 is 2.67 bits per heavy atom. The molecule has 0 saturated heterocycles. The molecule has 0 aliphatic rings. The molecular formula is C8H6ClFO2. The predicted molar refractivity (Wildman–Crippen MR) is 43.2 cm³/mol. The molecule has 0 aromatic heterocycles. The number of hydrogen-bond donors (Lipinski definition) is 1. The minimum absolute atomic E-state index is 0.0340. The van der Waals surface area contributed by atoms with Crippen molar-refractivity contribution in [1.29, 1.82) is 0 Å². The zero-order valence-electron chi connectivity index (χ0n) is 6.05. The number of hydrogen-bond acceptors (Lipinski definition) is 1. The molecule has 1 aromatic rings. The van der Waals surface area contributed by atoms with Gasteiger partial charge in [0.05, 0.1) is 5.56 Å². The number of benzene rings is 1. The summed E-state index contributed by atoms with van der Waals surface area (Å²) in [6.45, 7) is -0.860. The number of carbonyl (C=O) groups is 1. The van der Waals surface area contributed by atoms with Crippen molar-refractivity contribution < 1.29 is 14.3 Å². The topological polar surface area (TPSA) is 37.3 Å². The van der Waals surface area contributed by atoms with Crippen molar-refractivity contribution in [3.8, 4) is 0 Å². The average molecular weight is 189 g/mol. The van der Waals surface area contributed by atoms with Gasteiger partial charge in [0.25, 0.3) is 0 Å². The number of alkyl halides is 1. The van der Waals surface area contributed by atoms with E-state index >= 15 is 0 Å². The second-order valence-corrected chi connectivity index (χ2v) is 2.61. The zero-order chi connectivity index (χ0) is 9.14. The summed E-state index contributed by atoms with van der Waals surface area (Å²) < 4.78 is 12.3. The lowest BCUT2D eigenvalue weighted by molar-refractivity contribution is 0.0695. The summed E-state index contributed by atoms with van der Waals surface area (Å²) in [7, 11) is 0. The Kier molecular flexibility index (Phi) is 2.65. The highest BCUT2D eigenvalue weighted by Gasteiger charge is 2.11. The van der Waals surface area contributed by atoms with Crippen LogP contribution in [0.3, 0.4) is 0 Å². The Morgan fingerprint density at radius 2 is 2.25 bits per heavy atom. The van der Waals surface area contributed by atoms with Gasteiger partial charge in [-0.1, -0.05) is 17.7 Å². The lowest BCUT2D eigenvalue weighted by Crippen LogP contribution is -2.01. The van der Waals surface area contributed by atoms with Gasteiger partial charge in [-0.25, -0.2) is 9.18 Å². The normalized spacial score (nSPS) is 9.83. The van der Waals surface area contributed by atoms with Crippen molar-refractivity contribution in [2.45, 2.75) is 6.67 Å². The van der Waals surface area contributed by atoms with E-state index < -0.39 is 12.6 Å². The first kappa shape index (κ1) is 9.00. The molecule has 2 nitrogen and oxygen atoms in total. The van der Waals surface area contributed by atoms with E-state index in [-0.39, 0.29) is 16.1 Å².